The SMILES string of the molecule is COc1cccc(-n2c(Cc3cc(=O)[nH]c(=O)[nH]3)nnc2SCC=Cc2ccccc2)c1. The van der Waals surface area contributed by atoms with E-state index in [0.717, 1.165) is 11.3 Å². The van der Waals surface area contributed by atoms with Crippen LogP contribution in [0.25, 0.3) is 11.8 Å². The van der Waals surface area contributed by atoms with E-state index in [1.165, 1.54) is 17.8 Å². The summed E-state index contributed by atoms with van der Waals surface area (Å²) in [5.41, 5.74) is 1.39. The van der Waals surface area contributed by atoms with E-state index in [2.05, 4.69) is 32.3 Å². The second-order valence-electron chi connectivity index (χ2n) is 6.85. The molecule has 2 aromatic heterocycles. The van der Waals surface area contributed by atoms with Crippen molar-refractivity contribution in [3.63, 3.8) is 0 Å². The van der Waals surface area contributed by atoms with Gasteiger partial charge in [0.2, 0.25) is 0 Å². The molecule has 0 saturated heterocycles. The molecule has 32 heavy (non-hydrogen) atoms. The van der Waals surface area contributed by atoms with Gasteiger partial charge in [-0.05, 0) is 17.7 Å². The Labute approximate surface area is 188 Å². The lowest BCUT2D eigenvalue weighted by Gasteiger charge is -2.11. The number of hydrogen-bond acceptors (Lipinski definition) is 6. The largest absolute Gasteiger partial charge is 0.497 e. The van der Waals surface area contributed by atoms with Gasteiger partial charge < -0.3 is 9.72 Å². The van der Waals surface area contributed by atoms with Gasteiger partial charge in [-0.3, -0.25) is 14.3 Å². The lowest BCUT2D eigenvalue weighted by molar-refractivity contribution is 0.414. The number of benzene rings is 2. The van der Waals surface area contributed by atoms with Crippen LogP contribution in [0.5, 0.6) is 5.75 Å². The molecule has 0 atom stereocenters. The van der Waals surface area contributed by atoms with Crippen LogP contribution in [0, 0.1) is 0 Å². The average molecular weight is 448 g/mol. The van der Waals surface area contributed by atoms with Gasteiger partial charge in [0.15, 0.2) is 5.16 Å². The van der Waals surface area contributed by atoms with Crippen molar-refractivity contribution in [2.45, 2.75) is 11.6 Å². The van der Waals surface area contributed by atoms with E-state index in [1.54, 1.807) is 7.11 Å². The molecule has 0 spiro atoms. The maximum atomic E-state index is 11.7. The van der Waals surface area contributed by atoms with Crippen LogP contribution >= 0.6 is 11.8 Å². The third kappa shape index (κ3) is 5.25. The lowest BCUT2D eigenvalue weighted by Crippen LogP contribution is -2.23. The number of rotatable bonds is 8. The number of H-pyrrole nitrogens is 2. The zero-order valence-corrected chi connectivity index (χ0v) is 18.1. The summed E-state index contributed by atoms with van der Waals surface area (Å²) in [6.07, 6.45) is 4.36. The van der Waals surface area contributed by atoms with Crippen LogP contribution in [-0.2, 0) is 6.42 Å². The van der Waals surface area contributed by atoms with Gasteiger partial charge in [-0.15, -0.1) is 10.2 Å². The number of methoxy groups -OCH3 is 1. The van der Waals surface area contributed by atoms with E-state index < -0.39 is 11.2 Å². The summed E-state index contributed by atoms with van der Waals surface area (Å²) in [7, 11) is 1.61. The zero-order chi connectivity index (χ0) is 22.3. The Balaban J connectivity index is 1.64. The molecule has 0 aliphatic carbocycles. The number of ether oxygens (including phenoxy) is 1. The molecule has 162 valence electrons. The topological polar surface area (TPSA) is 106 Å². The Kier molecular flexibility index (Phi) is 6.66. The van der Waals surface area contributed by atoms with Crippen LogP contribution < -0.4 is 16.0 Å². The average Bonchev–Trinajstić information content (AvgIpc) is 3.19. The normalized spacial score (nSPS) is 11.2. The summed E-state index contributed by atoms with van der Waals surface area (Å²) >= 11 is 1.53. The number of thioether (sulfide) groups is 1. The van der Waals surface area contributed by atoms with Gasteiger partial charge in [-0.2, -0.15) is 0 Å². The van der Waals surface area contributed by atoms with Gasteiger partial charge in [0.25, 0.3) is 5.56 Å². The molecule has 8 nitrogen and oxygen atoms in total. The Bertz CT molecular complexity index is 1310. The predicted molar refractivity (Wildman–Crippen MR) is 125 cm³/mol. The first-order valence-corrected chi connectivity index (χ1v) is 10.9. The molecule has 9 heteroatoms. The van der Waals surface area contributed by atoms with Crippen LogP contribution in [0.2, 0.25) is 0 Å². The first-order valence-electron chi connectivity index (χ1n) is 9.88. The highest BCUT2D eigenvalue weighted by molar-refractivity contribution is 7.99. The lowest BCUT2D eigenvalue weighted by atomic mass is 10.2. The van der Waals surface area contributed by atoms with Crippen molar-refractivity contribution in [1.29, 1.82) is 0 Å². The third-order valence-electron chi connectivity index (χ3n) is 4.60. The van der Waals surface area contributed by atoms with E-state index >= 15 is 0 Å². The van der Waals surface area contributed by atoms with Crippen molar-refractivity contribution in [2.75, 3.05) is 12.9 Å². The molecular formula is C23H21N5O3S. The molecular weight excluding hydrogens is 426 g/mol. The molecule has 4 aromatic rings. The number of aromatic nitrogens is 5. The van der Waals surface area contributed by atoms with Gasteiger partial charge in [0.1, 0.15) is 11.6 Å². The monoisotopic (exact) mass is 447 g/mol. The molecule has 2 heterocycles. The van der Waals surface area contributed by atoms with Crippen LogP contribution in [0.1, 0.15) is 17.1 Å². The summed E-state index contributed by atoms with van der Waals surface area (Å²) in [6, 6.07) is 19.0. The van der Waals surface area contributed by atoms with Crippen LogP contribution in [0.3, 0.4) is 0 Å². The molecule has 0 aliphatic rings. The summed E-state index contributed by atoms with van der Waals surface area (Å²) in [5, 5.41) is 9.38. The van der Waals surface area contributed by atoms with E-state index in [1.807, 2.05) is 59.2 Å². The molecule has 0 radical (unpaired) electrons. The van der Waals surface area contributed by atoms with Crippen LogP contribution in [-0.4, -0.2) is 37.6 Å². The number of nitrogens with one attached hydrogen (secondary N) is 2. The molecule has 4 rings (SSSR count). The minimum Gasteiger partial charge on any atom is -0.497 e. The highest BCUT2D eigenvalue weighted by Crippen LogP contribution is 2.25. The van der Waals surface area contributed by atoms with Gasteiger partial charge in [-0.25, -0.2) is 4.79 Å². The molecule has 0 aliphatic heterocycles. The standard InChI is InChI=1S/C23H21N5O3S/c1-31-19-11-5-10-18(15-19)28-20(13-17-14-21(29)25-22(30)24-17)26-27-23(28)32-12-6-9-16-7-3-2-4-8-16/h2-11,14-15H,12-13H2,1H3,(H2,24,25,29,30). The van der Waals surface area contributed by atoms with Crippen molar-refractivity contribution >= 4 is 17.8 Å². The van der Waals surface area contributed by atoms with Crippen LogP contribution in [0.4, 0.5) is 0 Å². The van der Waals surface area contributed by atoms with Crippen molar-refractivity contribution in [1.82, 2.24) is 24.7 Å². The Morgan fingerprint density at radius 2 is 1.88 bits per heavy atom. The number of hydrogen-bond donors (Lipinski definition) is 2. The molecule has 2 aromatic carbocycles. The smallest absolute Gasteiger partial charge is 0.325 e. The van der Waals surface area contributed by atoms with E-state index in [0.29, 0.717) is 28.2 Å². The van der Waals surface area contributed by atoms with Gasteiger partial charge >= 0.3 is 5.69 Å². The fourth-order valence-electron chi connectivity index (χ4n) is 3.17. The number of nitrogens with zero attached hydrogens (tertiary/aromatic N) is 3. The van der Waals surface area contributed by atoms with E-state index in [-0.39, 0.29) is 6.42 Å². The zero-order valence-electron chi connectivity index (χ0n) is 17.3. The summed E-state index contributed by atoms with van der Waals surface area (Å²) < 4.78 is 7.27. The maximum Gasteiger partial charge on any atom is 0.325 e. The van der Waals surface area contributed by atoms with Gasteiger partial charge in [-0.1, -0.05) is 60.3 Å². The van der Waals surface area contributed by atoms with Gasteiger partial charge in [0.05, 0.1) is 12.8 Å². The summed E-state index contributed by atoms with van der Waals surface area (Å²) in [5.74, 6) is 1.99. The summed E-state index contributed by atoms with van der Waals surface area (Å²) in [6.45, 7) is 0. The molecule has 0 amide bonds. The molecule has 0 fully saturated rings. The predicted octanol–water partition coefficient (Wildman–Crippen LogP) is 3.05. The highest BCUT2D eigenvalue weighted by atomic mass is 32.2. The highest BCUT2D eigenvalue weighted by Gasteiger charge is 2.16. The van der Waals surface area contributed by atoms with E-state index in [9.17, 15) is 9.59 Å². The van der Waals surface area contributed by atoms with Crippen molar-refractivity contribution in [3.8, 4) is 11.4 Å². The molecule has 0 saturated carbocycles. The Morgan fingerprint density at radius 1 is 1.03 bits per heavy atom. The second-order valence-corrected chi connectivity index (χ2v) is 7.84. The molecule has 2 N–H and O–H groups in total. The molecule has 0 bridgehead atoms. The first kappa shape index (κ1) is 21.4. The minimum atomic E-state index is -0.555. The van der Waals surface area contributed by atoms with Crippen LogP contribution in [0.15, 0.2) is 81.5 Å². The van der Waals surface area contributed by atoms with Crippen molar-refractivity contribution in [3.05, 3.63) is 105 Å². The Morgan fingerprint density at radius 3 is 2.66 bits per heavy atom. The Hall–Kier alpha value is -3.85. The second kappa shape index (κ2) is 9.97. The number of aromatic amines is 2. The van der Waals surface area contributed by atoms with E-state index in [4.69, 9.17) is 4.74 Å². The van der Waals surface area contributed by atoms with Crippen molar-refractivity contribution < 1.29 is 4.74 Å². The fraction of sp³-hybridized carbons (Fsp3) is 0.130. The summed E-state index contributed by atoms with van der Waals surface area (Å²) in [4.78, 5) is 28.2. The van der Waals surface area contributed by atoms with Gasteiger partial charge in [0, 0.05) is 30.0 Å². The fourth-order valence-corrected chi connectivity index (χ4v) is 3.95. The minimum absolute atomic E-state index is 0.240. The first-order chi connectivity index (χ1) is 15.6. The maximum absolute atomic E-state index is 11.7. The molecule has 0 unspecified atom stereocenters. The quantitative estimate of drug-likeness (QED) is 0.402. The van der Waals surface area contributed by atoms with Crippen molar-refractivity contribution in [2.24, 2.45) is 0 Å². The third-order valence-corrected chi connectivity index (χ3v) is 5.48.